The summed E-state index contributed by atoms with van der Waals surface area (Å²) in [5.41, 5.74) is 0.973. The Labute approximate surface area is 142 Å². The molecule has 2 atom stereocenters. The van der Waals surface area contributed by atoms with Crippen LogP contribution in [-0.2, 0) is 11.2 Å². The number of carbonyl (C=O) groups is 1. The summed E-state index contributed by atoms with van der Waals surface area (Å²) in [4.78, 5) is 19.3. The number of carbonyl (C=O) groups excluding carboxylic acids is 1. The van der Waals surface area contributed by atoms with Crippen LogP contribution in [0.5, 0.6) is 5.75 Å². The standard InChI is InChI=1S/C19H23N3O2/c1-24-18-5-3-2-4-14(18)10-19(23)22-15-6-7-16(22)12-17(11-15)21-9-8-20-13-21/h2-5,8-9,13,15-17H,6-7,10-12H2,1H3. The van der Waals surface area contributed by atoms with Crippen LogP contribution in [0.3, 0.4) is 0 Å². The molecule has 2 fully saturated rings. The first-order chi connectivity index (χ1) is 11.8. The van der Waals surface area contributed by atoms with E-state index in [0.29, 0.717) is 24.5 Å². The molecule has 2 aliphatic heterocycles. The number of aromatic nitrogens is 2. The van der Waals surface area contributed by atoms with Gasteiger partial charge in [-0.05, 0) is 31.7 Å². The van der Waals surface area contributed by atoms with Gasteiger partial charge >= 0.3 is 0 Å². The summed E-state index contributed by atoms with van der Waals surface area (Å²) in [6.45, 7) is 0. The van der Waals surface area contributed by atoms with Gasteiger partial charge in [-0.3, -0.25) is 4.79 Å². The molecule has 0 saturated carbocycles. The Morgan fingerprint density at radius 1 is 1.21 bits per heavy atom. The Hall–Kier alpha value is -2.30. The molecule has 2 bridgehead atoms. The molecular formula is C19H23N3O2. The highest BCUT2D eigenvalue weighted by atomic mass is 16.5. The minimum absolute atomic E-state index is 0.232. The lowest BCUT2D eigenvalue weighted by Gasteiger charge is -2.39. The normalized spacial score (nSPS) is 25.7. The minimum Gasteiger partial charge on any atom is -0.496 e. The van der Waals surface area contributed by atoms with Gasteiger partial charge in [0.1, 0.15) is 5.75 Å². The van der Waals surface area contributed by atoms with Crippen LogP contribution in [0.1, 0.15) is 37.3 Å². The average Bonchev–Trinajstić information content (AvgIpc) is 3.22. The summed E-state index contributed by atoms with van der Waals surface area (Å²) in [5.74, 6) is 1.03. The van der Waals surface area contributed by atoms with Gasteiger partial charge in [0.05, 0.1) is 19.9 Å². The maximum absolute atomic E-state index is 12.9. The van der Waals surface area contributed by atoms with E-state index in [4.69, 9.17) is 4.74 Å². The van der Waals surface area contributed by atoms with E-state index in [1.807, 2.05) is 43.0 Å². The number of rotatable bonds is 4. The summed E-state index contributed by atoms with van der Waals surface area (Å²) < 4.78 is 7.59. The van der Waals surface area contributed by atoms with Crippen molar-refractivity contribution < 1.29 is 9.53 Å². The fourth-order valence-electron chi connectivity index (χ4n) is 4.39. The monoisotopic (exact) mass is 325 g/mol. The van der Waals surface area contributed by atoms with E-state index in [9.17, 15) is 4.79 Å². The maximum atomic E-state index is 12.9. The van der Waals surface area contributed by atoms with Crippen LogP contribution in [0.15, 0.2) is 43.0 Å². The van der Waals surface area contributed by atoms with Gasteiger partial charge in [-0.25, -0.2) is 4.98 Å². The van der Waals surface area contributed by atoms with Crippen molar-refractivity contribution in [2.45, 2.75) is 50.2 Å². The van der Waals surface area contributed by atoms with Gasteiger partial charge in [0.15, 0.2) is 0 Å². The van der Waals surface area contributed by atoms with Crippen LogP contribution >= 0.6 is 0 Å². The fourth-order valence-corrected chi connectivity index (χ4v) is 4.39. The molecule has 1 aromatic carbocycles. The Bertz CT molecular complexity index is 699. The van der Waals surface area contributed by atoms with Crippen molar-refractivity contribution in [3.8, 4) is 5.75 Å². The van der Waals surface area contributed by atoms with E-state index in [1.165, 1.54) is 0 Å². The summed E-state index contributed by atoms with van der Waals surface area (Å²) in [7, 11) is 1.66. The molecule has 5 nitrogen and oxygen atoms in total. The quantitative estimate of drug-likeness (QED) is 0.868. The van der Waals surface area contributed by atoms with Gasteiger partial charge in [0.25, 0.3) is 0 Å². The first-order valence-corrected chi connectivity index (χ1v) is 8.66. The molecule has 3 heterocycles. The van der Waals surface area contributed by atoms with Crippen molar-refractivity contribution in [1.82, 2.24) is 14.5 Å². The lowest BCUT2D eigenvalue weighted by molar-refractivity contribution is -0.135. The third kappa shape index (κ3) is 2.68. The number of amides is 1. The Morgan fingerprint density at radius 3 is 2.62 bits per heavy atom. The lowest BCUT2D eigenvalue weighted by atomic mass is 9.96. The van der Waals surface area contributed by atoms with Crippen molar-refractivity contribution in [1.29, 1.82) is 0 Å². The number of nitrogens with zero attached hydrogens (tertiary/aromatic N) is 3. The van der Waals surface area contributed by atoms with E-state index < -0.39 is 0 Å². The molecule has 0 aliphatic carbocycles. The number of hydrogen-bond acceptors (Lipinski definition) is 3. The zero-order chi connectivity index (χ0) is 16.5. The van der Waals surface area contributed by atoms with Crippen LogP contribution in [0, 0.1) is 0 Å². The predicted octanol–water partition coefficient (Wildman–Crippen LogP) is 2.83. The van der Waals surface area contributed by atoms with E-state index in [2.05, 4.69) is 14.5 Å². The molecule has 2 aromatic rings. The van der Waals surface area contributed by atoms with Gasteiger partial charge in [-0.1, -0.05) is 18.2 Å². The van der Waals surface area contributed by atoms with Crippen molar-refractivity contribution in [3.05, 3.63) is 48.5 Å². The van der Waals surface area contributed by atoms with Crippen molar-refractivity contribution >= 4 is 5.91 Å². The molecule has 0 radical (unpaired) electrons. The van der Waals surface area contributed by atoms with Crippen LogP contribution in [0.4, 0.5) is 0 Å². The smallest absolute Gasteiger partial charge is 0.227 e. The molecule has 1 amide bonds. The van der Waals surface area contributed by atoms with E-state index in [-0.39, 0.29) is 5.91 Å². The zero-order valence-corrected chi connectivity index (χ0v) is 14.0. The van der Waals surface area contributed by atoms with Crippen LogP contribution in [0.2, 0.25) is 0 Å². The largest absolute Gasteiger partial charge is 0.496 e. The van der Waals surface area contributed by atoms with E-state index in [1.54, 1.807) is 7.11 Å². The second kappa shape index (κ2) is 6.30. The molecule has 2 saturated heterocycles. The fraction of sp³-hybridized carbons (Fsp3) is 0.474. The number of imidazole rings is 1. The molecule has 0 N–H and O–H groups in total. The lowest BCUT2D eigenvalue weighted by Crippen LogP contribution is -2.47. The van der Waals surface area contributed by atoms with Gasteiger partial charge in [0, 0.05) is 36.1 Å². The summed E-state index contributed by atoms with van der Waals surface area (Å²) >= 11 is 0. The second-order valence-electron chi connectivity index (χ2n) is 6.81. The van der Waals surface area contributed by atoms with Crippen LogP contribution in [-0.4, -0.2) is 39.6 Å². The first-order valence-electron chi connectivity index (χ1n) is 8.66. The van der Waals surface area contributed by atoms with Gasteiger partial charge in [0.2, 0.25) is 5.91 Å². The summed E-state index contributed by atoms with van der Waals surface area (Å²) in [5, 5.41) is 0. The minimum atomic E-state index is 0.232. The SMILES string of the molecule is COc1ccccc1CC(=O)N1C2CCC1CC(n1ccnc1)C2. The number of hydrogen-bond donors (Lipinski definition) is 0. The number of methoxy groups -OCH3 is 1. The molecule has 126 valence electrons. The predicted molar refractivity (Wildman–Crippen MR) is 90.9 cm³/mol. The molecular weight excluding hydrogens is 302 g/mol. The molecule has 5 heteroatoms. The first kappa shape index (κ1) is 15.2. The maximum Gasteiger partial charge on any atom is 0.227 e. The average molecular weight is 325 g/mol. The zero-order valence-electron chi connectivity index (χ0n) is 14.0. The number of para-hydroxylation sites is 1. The van der Waals surface area contributed by atoms with Crippen molar-refractivity contribution in [2.75, 3.05) is 7.11 Å². The number of piperidine rings is 1. The van der Waals surface area contributed by atoms with Gasteiger partial charge < -0.3 is 14.2 Å². The Morgan fingerprint density at radius 2 is 1.96 bits per heavy atom. The van der Waals surface area contributed by atoms with Crippen molar-refractivity contribution in [3.63, 3.8) is 0 Å². The third-order valence-electron chi connectivity index (χ3n) is 5.48. The molecule has 0 spiro atoms. The van der Waals surface area contributed by atoms with Crippen molar-refractivity contribution in [2.24, 2.45) is 0 Å². The molecule has 2 aliphatic rings. The van der Waals surface area contributed by atoms with Crippen LogP contribution < -0.4 is 4.74 Å². The number of benzene rings is 1. The molecule has 2 unspecified atom stereocenters. The molecule has 1 aromatic heterocycles. The van der Waals surface area contributed by atoms with E-state index >= 15 is 0 Å². The third-order valence-corrected chi connectivity index (χ3v) is 5.48. The summed E-state index contributed by atoms with van der Waals surface area (Å²) in [6.07, 6.45) is 10.5. The van der Waals surface area contributed by atoms with E-state index in [0.717, 1.165) is 37.0 Å². The highest BCUT2D eigenvalue weighted by Gasteiger charge is 2.43. The van der Waals surface area contributed by atoms with Gasteiger partial charge in [-0.2, -0.15) is 0 Å². The molecule has 4 rings (SSSR count). The summed E-state index contributed by atoms with van der Waals surface area (Å²) in [6, 6.07) is 8.99. The highest BCUT2D eigenvalue weighted by Crippen LogP contribution is 2.41. The Kier molecular flexibility index (Phi) is 4.00. The highest BCUT2D eigenvalue weighted by molar-refractivity contribution is 5.80. The second-order valence-corrected chi connectivity index (χ2v) is 6.81. The topological polar surface area (TPSA) is 47.4 Å². The van der Waals surface area contributed by atoms with Crippen LogP contribution in [0.25, 0.3) is 0 Å². The van der Waals surface area contributed by atoms with Gasteiger partial charge in [-0.15, -0.1) is 0 Å². The number of fused-ring (bicyclic) bond motifs is 2. The Balaban J connectivity index is 1.48. The molecule has 24 heavy (non-hydrogen) atoms. The number of ether oxygens (including phenoxy) is 1.